The van der Waals surface area contributed by atoms with E-state index in [-0.39, 0.29) is 29.8 Å². The van der Waals surface area contributed by atoms with Gasteiger partial charge < -0.3 is 39.6 Å². The molecule has 3 fully saturated rings. The number of aromatic amines is 1. The van der Waals surface area contributed by atoms with Gasteiger partial charge in [0.25, 0.3) is 0 Å². The first-order valence-corrected chi connectivity index (χ1v) is 22.2. The molecule has 4 amide bonds. The highest BCUT2D eigenvalue weighted by molar-refractivity contribution is 6.04. The van der Waals surface area contributed by atoms with Gasteiger partial charge >= 0.3 is 12.2 Å². The van der Waals surface area contributed by atoms with E-state index < -0.39 is 24.3 Å². The number of nitrogens with zero attached hydrogens (tertiary/aromatic N) is 4. The minimum absolute atomic E-state index is 0.0280. The van der Waals surface area contributed by atoms with Crippen LogP contribution in [0, 0.1) is 5.92 Å². The molecule has 4 atom stereocenters. The molecule has 4 aliphatic heterocycles. The van der Waals surface area contributed by atoms with Gasteiger partial charge in [0.2, 0.25) is 11.8 Å². The van der Waals surface area contributed by atoms with Crippen LogP contribution in [0.3, 0.4) is 0 Å². The van der Waals surface area contributed by atoms with Crippen LogP contribution >= 0.6 is 0 Å². The fraction of sp³-hybridized carbons (Fsp3) is 0.360. The van der Waals surface area contributed by atoms with Crippen molar-refractivity contribution in [1.82, 2.24) is 30.4 Å². The SMILES string of the molecule is COC(=O)N[C@H](C(=O)N1CCC[C@H]1c1ncc(-c2ccc3cc(-c4ccc(C5=CN=C([C@@H]6CCCN6C(=O)[C@H](NC(=O)OC)c6ccccc6)C5)cc4)ccc3c2)[nH]1)C1CCOCC1. The Kier molecular flexibility index (Phi) is 12.5. The Bertz CT molecular complexity index is 2580. The molecule has 14 heteroatoms. The van der Waals surface area contributed by atoms with Gasteiger partial charge in [0, 0.05) is 50.2 Å². The molecular weight excluding hydrogens is 811 g/mol. The van der Waals surface area contributed by atoms with E-state index in [2.05, 4.69) is 76.3 Å². The fourth-order valence-electron chi connectivity index (χ4n) is 9.71. The normalized spacial score (nSPS) is 19.8. The zero-order chi connectivity index (χ0) is 44.2. The summed E-state index contributed by atoms with van der Waals surface area (Å²) in [6.07, 6.45) is 7.82. The molecule has 1 aromatic heterocycles. The Balaban J connectivity index is 0.844. The summed E-state index contributed by atoms with van der Waals surface area (Å²) >= 11 is 0. The molecule has 0 unspecified atom stereocenters. The highest BCUT2D eigenvalue weighted by atomic mass is 16.5. The van der Waals surface area contributed by atoms with Crippen LogP contribution in [-0.2, 0) is 23.8 Å². The van der Waals surface area contributed by atoms with Crippen molar-refractivity contribution in [3.05, 3.63) is 120 Å². The van der Waals surface area contributed by atoms with E-state index in [0.29, 0.717) is 51.1 Å². The Hall–Kier alpha value is -6.80. The van der Waals surface area contributed by atoms with Gasteiger partial charge in [-0.3, -0.25) is 14.6 Å². The lowest BCUT2D eigenvalue weighted by Crippen LogP contribution is -2.53. The van der Waals surface area contributed by atoms with Crippen LogP contribution in [0.25, 0.3) is 38.7 Å². The third-order valence-electron chi connectivity index (χ3n) is 13.2. The first-order chi connectivity index (χ1) is 31.3. The van der Waals surface area contributed by atoms with Crippen LogP contribution in [0.2, 0.25) is 0 Å². The Morgan fingerprint density at radius 3 is 2.06 bits per heavy atom. The second kappa shape index (κ2) is 18.9. The summed E-state index contributed by atoms with van der Waals surface area (Å²) in [5.74, 6) is 0.423. The molecule has 4 aromatic carbocycles. The van der Waals surface area contributed by atoms with E-state index in [1.807, 2.05) is 52.5 Å². The van der Waals surface area contributed by atoms with E-state index in [0.717, 1.165) is 81.5 Å². The van der Waals surface area contributed by atoms with E-state index in [9.17, 15) is 19.2 Å². The van der Waals surface area contributed by atoms with Gasteiger partial charge in [0.15, 0.2) is 0 Å². The number of hydrogen-bond donors (Lipinski definition) is 3. The maximum absolute atomic E-state index is 14.0. The van der Waals surface area contributed by atoms with Crippen LogP contribution in [0.1, 0.15) is 74.0 Å². The average molecular weight is 864 g/mol. The highest BCUT2D eigenvalue weighted by Crippen LogP contribution is 2.36. The number of alkyl carbamates (subject to hydrolysis) is 2. The summed E-state index contributed by atoms with van der Waals surface area (Å²) in [5, 5.41) is 7.76. The van der Waals surface area contributed by atoms with E-state index in [4.69, 9.17) is 24.2 Å². The van der Waals surface area contributed by atoms with E-state index in [1.165, 1.54) is 14.2 Å². The number of rotatable bonds is 11. The topological polar surface area (TPSA) is 168 Å². The fourth-order valence-corrected chi connectivity index (χ4v) is 9.71. The number of nitrogens with one attached hydrogen (secondary N) is 3. The number of aliphatic imine (C=N–C) groups is 1. The Morgan fingerprint density at radius 1 is 0.719 bits per heavy atom. The van der Waals surface area contributed by atoms with Crippen LogP contribution in [-0.4, -0.2) is 102 Å². The number of ether oxygens (including phenoxy) is 3. The van der Waals surface area contributed by atoms with Gasteiger partial charge in [-0.2, -0.15) is 0 Å². The molecule has 9 rings (SSSR count). The summed E-state index contributed by atoms with van der Waals surface area (Å²) < 4.78 is 15.3. The number of aromatic nitrogens is 2. The van der Waals surface area contributed by atoms with E-state index in [1.54, 1.807) is 0 Å². The molecule has 5 heterocycles. The number of allylic oxidation sites excluding steroid dienone is 1. The second-order valence-corrected chi connectivity index (χ2v) is 16.9. The largest absolute Gasteiger partial charge is 0.453 e. The number of likely N-dealkylation sites (tertiary alicyclic amines) is 2. The summed E-state index contributed by atoms with van der Waals surface area (Å²) in [6.45, 7) is 2.31. The van der Waals surface area contributed by atoms with Gasteiger partial charge in [0.05, 0.1) is 38.2 Å². The number of hydrogen-bond acceptors (Lipinski definition) is 9. The maximum atomic E-state index is 14.0. The molecule has 0 saturated carbocycles. The number of benzene rings is 4. The zero-order valence-corrected chi connectivity index (χ0v) is 36.1. The molecule has 0 radical (unpaired) electrons. The Labute approximate surface area is 372 Å². The monoisotopic (exact) mass is 863 g/mol. The average Bonchev–Trinajstić information content (AvgIpc) is 4.20. The van der Waals surface area contributed by atoms with Gasteiger partial charge in [-0.25, -0.2) is 14.6 Å². The molecule has 0 bridgehead atoms. The summed E-state index contributed by atoms with van der Waals surface area (Å²) in [7, 11) is 2.60. The van der Waals surface area contributed by atoms with Crippen molar-refractivity contribution in [3.63, 3.8) is 0 Å². The first kappa shape index (κ1) is 42.5. The van der Waals surface area contributed by atoms with Crippen molar-refractivity contribution in [2.75, 3.05) is 40.5 Å². The first-order valence-electron chi connectivity index (χ1n) is 22.2. The lowest BCUT2D eigenvalue weighted by molar-refractivity contribution is -0.137. The van der Waals surface area contributed by atoms with Crippen molar-refractivity contribution in [2.45, 2.75) is 69.1 Å². The molecule has 330 valence electrons. The van der Waals surface area contributed by atoms with Crippen LogP contribution in [0.5, 0.6) is 0 Å². The van der Waals surface area contributed by atoms with Crippen molar-refractivity contribution in [3.8, 4) is 22.4 Å². The van der Waals surface area contributed by atoms with Crippen LogP contribution in [0.15, 0.2) is 108 Å². The predicted molar refractivity (Wildman–Crippen MR) is 243 cm³/mol. The summed E-state index contributed by atoms with van der Waals surface area (Å²) in [6, 6.07) is 28.7. The molecule has 3 N–H and O–H groups in total. The number of amides is 4. The van der Waals surface area contributed by atoms with Gasteiger partial charge in [-0.05, 0) is 95.2 Å². The van der Waals surface area contributed by atoms with Crippen LogP contribution in [0.4, 0.5) is 9.59 Å². The summed E-state index contributed by atoms with van der Waals surface area (Å²) in [5.41, 5.74) is 7.91. The minimum Gasteiger partial charge on any atom is -0.453 e. The lowest BCUT2D eigenvalue weighted by Gasteiger charge is -2.34. The molecule has 0 aliphatic carbocycles. The number of carbonyl (C=O) groups is 4. The summed E-state index contributed by atoms with van der Waals surface area (Å²) in [4.78, 5) is 69.4. The zero-order valence-electron chi connectivity index (χ0n) is 36.1. The van der Waals surface area contributed by atoms with Crippen molar-refractivity contribution < 1.29 is 33.4 Å². The van der Waals surface area contributed by atoms with Gasteiger partial charge in [-0.15, -0.1) is 0 Å². The molecule has 14 nitrogen and oxygen atoms in total. The number of H-pyrrole nitrogens is 1. The van der Waals surface area contributed by atoms with Crippen molar-refractivity contribution in [2.24, 2.45) is 10.9 Å². The molecule has 0 spiro atoms. The van der Waals surface area contributed by atoms with Gasteiger partial charge in [-0.1, -0.05) is 78.9 Å². The third-order valence-corrected chi connectivity index (χ3v) is 13.2. The minimum atomic E-state index is -0.854. The smallest absolute Gasteiger partial charge is 0.407 e. The number of carbonyl (C=O) groups excluding carboxylic acids is 4. The molecule has 5 aromatic rings. The van der Waals surface area contributed by atoms with Crippen molar-refractivity contribution >= 4 is 46.1 Å². The number of methoxy groups -OCH3 is 2. The molecule has 64 heavy (non-hydrogen) atoms. The Morgan fingerprint density at radius 2 is 1.34 bits per heavy atom. The van der Waals surface area contributed by atoms with Gasteiger partial charge in [0.1, 0.15) is 17.9 Å². The van der Waals surface area contributed by atoms with Crippen molar-refractivity contribution in [1.29, 1.82) is 0 Å². The third kappa shape index (κ3) is 8.87. The predicted octanol–water partition coefficient (Wildman–Crippen LogP) is 7.99. The van der Waals surface area contributed by atoms with E-state index >= 15 is 0 Å². The highest BCUT2D eigenvalue weighted by Gasteiger charge is 2.41. The molecule has 4 aliphatic rings. The standard InChI is InChI=1S/C50H53N7O7/c1-62-49(60)54-44(33-8-4-3-5-9-33)47(58)56-22-6-10-42(56)40-28-39(29-51-40)32-14-12-31(13-15-32)35-16-17-37-27-38(19-18-36(37)26-35)41-30-52-46(53-41)43-11-7-23-57(43)48(59)45(55-50(61)63-2)34-20-24-64-25-21-34/h3-5,8-9,12-19,26-27,29-30,34,42-45H,6-7,10-11,20-25,28H2,1-2H3,(H,52,53)(H,54,60)(H,55,61)/t42-,43-,44+,45-/m0/s1. The number of imidazole rings is 1. The quantitative estimate of drug-likeness (QED) is 0.120. The van der Waals surface area contributed by atoms with Crippen LogP contribution < -0.4 is 10.6 Å². The molecule has 3 saturated heterocycles. The molecular formula is C50H53N7O7. The number of fused-ring (bicyclic) bond motifs is 1. The maximum Gasteiger partial charge on any atom is 0.407 e. The lowest BCUT2D eigenvalue weighted by atomic mass is 9.90. The second-order valence-electron chi connectivity index (χ2n) is 16.9.